The summed E-state index contributed by atoms with van der Waals surface area (Å²) >= 11 is 0. The number of carbonyl (C=O) groups excluding carboxylic acids is 3. The molecule has 0 saturated heterocycles. The zero-order valence-corrected chi connectivity index (χ0v) is 14.2. The van der Waals surface area contributed by atoms with E-state index in [4.69, 9.17) is 4.74 Å². The summed E-state index contributed by atoms with van der Waals surface area (Å²) in [5.74, 6) is -1.67. The molecule has 0 unspecified atom stereocenters. The largest absolute Gasteiger partial charge is 0.455 e. The Labute approximate surface area is 145 Å². The molecule has 1 N–H and O–H groups in total. The SMILES string of the molecule is Cc1ccc(NC(=O)COC(=O)C2C[C@H]3CCC[C@H](C2)C3=O)c(F)c1. The summed E-state index contributed by atoms with van der Waals surface area (Å²) in [5.41, 5.74) is 0.809. The van der Waals surface area contributed by atoms with Crippen molar-refractivity contribution in [2.75, 3.05) is 11.9 Å². The number of esters is 1. The maximum Gasteiger partial charge on any atom is 0.309 e. The summed E-state index contributed by atoms with van der Waals surface area (Å²) in [7, 11) is 0. The number of fused-ring (bicyclic) bond motifs is 2. The van der Waals surface area contributed by atoms with Gasteiger partial charge in [-0.25, -0.2) is 4.39 Å². The molecule has 0 heterocycles. The summed E-state index contributed by atoms with van der Waals surface area (Å²) in [6, 6.07) is 4.47. The van der Waals surface area contributed by atoms with Gasteiger partial charge in [0.1, 0.15) is 11.6 Å². The molecule has 6 heteroatoms. The predicted molar refractivity (Wildman–Crippen MR) is 89.3 cm³/mol. The van der Waals surface area contributed by atoms with Crippen molar-refractivity contribution in [1.82, 2.24) is 0 Å². The minimum Gasteiger partial charge on any atom is -0.455 e. The molecule has 0 aromatic heterocycles. The Morgan fingerprint density at radius 3 is 2.56 bits per heavy atom. The van der Waals surface area contributed by atoms with Crippen molar-refractivity contribution in [3.63, 3.8) is 0 Å². The molecule has 5 nitrogen and oxygen atoms in total. The normalized spacial score (nSPS) is 25.4. The fourth-order valence-electron chi connectivity index (χ4n) is 3.83. The standard InChI is InChI=1S/C19H22FNO4/c1-11-5-6-16(15(20)7-11)21-17(22)10-25-19(24)14-8-12-3-2-4-13(9-14)18(12)23/h5-7,12-14H,2-4,8-10H2,1H3,(H,21,22)/t12-,13-/m1/s1. The molecule has 0 spiro atoms. The van der Waals surface area contributed by atoms with Gasteiger partial charge in [0.15, 0.2) is 6.61 Å². The van der Waals surface area contributed by atoms with E-state index in [1.807, 2.05) is 0 Å². The number of aryl methyl sites for hydroxylation is 1. The van der Waals surface area contributed by atoms with Crippen molar-refractivity contribution in [3.8, 4) is 0 Å². The van der Waals surface area contributed by atoms with Gasteiger partial charge in [-0.2, -0.15) is 0 Å². The molecular formula is C19H22FNO4. The van der Waals surface area contributed by atoms with Crippen LogP contribution in [0.1, 0.15) is 37.7 Å². The number of nitrogens with one attached hydrogen (secondary N) is 1. The Hall–Kier alpha value is -2.24. The van der Waals surface area contributed by atoms with Crippen molar-refractivity contribution in [2.24, 2.45) is 17.8 Å². The van der Waals surface area contributed by atoms with E-state index in [0.29, 0.717) is 12.8 Å². The molecule has 2 aliphatic carbocycles. The first-order chi connectivity index (χ1) is 11.9. The molecule has 2 atom stereocenters. The van der Waals surface area contributed by atoms with E-state index in [1.165, 1.54) is 12.1 Å². The van der Waals surface area contributed by atoms with E-state index in [9.17, 15) is 18.8 Å². The highest BCUT2D eigenvalue weighted by Crippen LogP contribution is 2.40. The van der Waals surface area contributed by atoms with Crippen LogP contribution in [0.15, 0.2) is 18.2 Å². The number of rotatable bonds is 4. The van der Waals surface area contributed by atoms with Crippen molar-refractivity contribution in [3.05, 3.63) is 29.6 Å². The van der Waals surface area contributed by atoms with Crippen LogP contribution in [0.2, 0.25) is 0 Å². The zero-order chi connectivity index (χ0) is 18.0. The predicted octanol–water partition coefficient (Wildman–Crippen LogP) is 3.01. The summed E-state index contributed by atoms with van der Waals surface area (Å²) < 4.78 is 18.8. The van der Waals surface area contributed by atoms with Gasteiger partial charge in [0.05, 0.1) is 11.6 Å². The minimum atomic E-state index is -0.580. The molecule has 2 bridgehead atoms. The molecular weight excluding hydrogens is 325 g/mol. The Morgan fingerprint density at radius 1 is 1.24 bits per heavy atom. The first-order valence-electron chi connectivity index (χ1n) is 8.70. The highest BCUT2D eigenvalue weighted by atomic mass is 19.1. The van der Waals surface area contributed by atoms with Gasteiger partial charge in [-0.3, -0.25) is 14.4 Å². The first-order valence-corrected chi connectivity index (χ1v) is 8.70. The number of halogens is 1. The van der Waals surface area contributed by atoms with Gasteiger partial charge in [-0.15, -0.1) is 0 Å². The number of hydrogen-bond donors (Lipinski definition) is 1. The van der Waals surface area contributed by atoms with Crippen LogP contribution in [-0.2, 0) is 19.1 Å². The quantitative estimate of drug-likeness (QED) is 0.850. The summed E-state index contributed by atoms with van der Waals surface area (Å²) in [6.45, 7) is 1.30. The molecule has 1 aromatic rings. The van der Waals surface area contributed by atoms with Crippen LogP contribution in [0.5, 0.6) is 0 Å². The Morgan fingerprint density at radius 2 is 1.92 bits per heavy atom. The lowest BCUT2D eigenvalue weighted by Crippen LogP contribution is -2.40. The topological polar surface area (TPSA) is 72.5 Å². The Balaban J connectivity index is 1.50. The maximum atomic E-state index is 13.7. The highest BCUT2D eigenvalue weighted by Gasteiger charge is 2.41. The number of benzene rings is 1. The van der Waals surface area contributed by atoms with Crippen LogP contribution >= 0.6 is 0 Å². The highest BCUT2D eigenvalue weighted by molar-refractivity contribution is 5.93. The summed E-state index contributed by atoms with van der Waals surface area (Å²) in [4.78, 5) is 36.1. The lowest BCUT2D eigenvalue weighted by atomic mass is 9.67. The third kappa shape index (κ3) is 4.06. The van der Waals surface area contributed by atoms with Crippen LogP contribution in [0, 0.1) is 30.5 Å². The van der Waals surface area contributed by atoms with Crippen molar-refractivity contribution in [1.29, 1.82) is 0 Å². The Kier molecular flexibility index (Phi) is 5.16. The van der Waals surface area contributed by atoms with Gasteiger partial charge in [-0.1, -0.05) is 12.5 Å². The number of Topliss-reactive ketones (excluding diaryl/α,β-unsaturated/α-hetero) is 1. The van der Waals surface area contributed by atoms with Crippen molar-refractivity contribution < 1.29 is 23.5 Å². The molecule has 2 saturated carbocycles. The van der Waals surface area contributed by atoms with Gasteiger partial charge in [0, 0.05) is 11.8 Å². The number of carbonyl (C=O) groups is 3. The molecule has 0 aliphatic heterocycles. The van der Waals surface area contributed by atoms with Gasteiger partial charge in [0.2, 0.25) is 0 Å². The molecule has 1 aromatic carbocycles. The number of hydrogen-bond acceptors (Lipinski definition) is 4. The fraction of sp³-hybridized carbons (Fsp3) is 0.526. The smallest absolute Gasteiger partial charge is 0.309 e. The molecule has 1 amide bonds. The third-order valence-electron chi connectivity index (χ3n) is 5.13. The number of ketones is 1. The van der Waals surface area contributed by atoms with E-state index in [2.05, 4.69) is 5.32 Å². The lowest BCUT2D eigenvalue weighted by molar-refractivity contribution is -0.155. The third-order valence-corrected chi connectivity index (χ3v) is 5.13. The van der Waals surface area contributed by atoms with E-state index in [0.717, 1.165) is 24.8 Å². The number of amides is 1. The molecule has 0 radical (unpaired) electrons. The molecule has 3 rings (SSSR count). The first kappa shape index (κ1) is 17.6. The molecule has 2 aliphatic rings. The van der Waals surface area contributed by atoms with Crippen molar-refractivity contribution >= 4 is 23.3 Å². The second kappa shape index (κ2) is 7.33. The average Bonchev–Trinajstić information content (AvgIpc) is 2.55. The second-order valence-electron chi connectivity index (χ2n) is 7.03. The van der Waals surface area contributed by atoms with E-state index < -0.39 is 24.3 Å². The van der Waals surface area contributed by atoms with Crippen LogP contribution < -0.4 is 5.32 Å². The molecule has 25 heavy (non-hydrogen) atoms. The average molecular weight is 347 g/mol. The maximum absolute atomic E-state index is 13.7. The van der Waals surface area contributed by atoms with Crippen LogP contribution in [0.4, 0.5) is 10.1 Å². The van der Waals surface area contributed by atoms with Gasteiger partial charge >= 0.3 is 5.97 Å². The van der Waals surface area contributed by atoms with Crippen LogP contribution in [0.3, 0.4) is 0 Å². The van der Waals surface area contributed by atoms with Gasteiger partial charge in [-0.05, 0) is 50.3 Å². The van der Waals surface area contributed by atoms with E-state index >= 15 is 0 Å². The minimum absolute atomic E-state index is 0.0412. The summed E-state index contributed by atoms with van der Waals surface area (Å²) in [6.07, 6.45) is 3.75. The fourth-order valence-corrected chi connectivity index (χ4v) is 3.83. The monoisotopic (exact) mass is 347 g/mol. The number of anilines is 1. The molecule has 134 valence electrons. The van der Waals surface area contributed by atoms with E-state index in [-0.39, 0.29) is 29.2 Å². The van der Waals surface area contributed by atoms with Gasteiger partial charge < -0.3 is 10.1 Å². The van der Waals surface area contributed by atoms with E-state index in [1.54, 1.807) is 13.0 Å². The Bertz CT molecular complexity index is 687. The van der Waals surface area contributed by atoms with Crippen LogP contribution in [0.25, 0.3) is 0 Å². The van der Waals surface area contributed by atoms with Crippen LogP contribution in [-0.4, -0.2) is 24.3 Å². The van der Waals surface area contributed by atoms with Crippen molar-refractivity contribution in [2.45, 2.75) is 39.0 Å². The molecule has 2 fully saturated rings. The lowest BCUT2D eigenvalue weighted by Gasteiger charge is -2.36. The zero-order valence-electron chi connectivity index (χ0n) is 14.2. The second-order valence-corrected chi connectivity index (χ2v) is 7.03. The summed E-state index contributed by atoms with van der Waals surface area (Å²) in [5, 5.41) is 2.40. The van der Waals surface area contributed by atoms with Gasteiger partial charge in [0.25, 0.3) is 5.91 Å². The number of ether oxygens (including phenoxy) is 1.